The Labute approximate surface area is 148 Å². The van der Waals surface area contributed by atoms with Crippen LogP contribution in [0.15, 0.2) is 59.5 Å². The predicted molar refractivity (Wildman–Crippen MR) is 94.7 cm³/mol. The van der Waals surface area contributed by atoms with Gasteiger partial charge in [-0.25, -0.2) is 17.5 Å². The summed E-state index contributed by atoms with van der Waals surface area (Å²) in [5, 5.41) is 5.08. The van der Waals surface area contributed by atoms with Gasteiger partial charge >= 0.3 is 0 Å². The zero-order valence-corrected chi connectivity index (χ0v) is 15.2. The van der Waals surface area contributed by atoms with Crippen LogP contribution in [-0.4, -0.2) is 24.5 Å². The van der Waals surface area contributed by atoms with Gasteiger partial charge in [0.2, 0.25) is 0 Å². The third kappa shape index (κ3) is 3.42. The van der Waals surface area contributed by atoms with Gasteiger partial charge in [-0.05, 0) is 42.5 Å². The molecular weight excluding hydrogens is 395 g/mol. The molecule has 0 aliphatic rings. The van der Waals surface area contributed by atoms with Crippen LogP contribution in [0.3, 0.4) is 0 Å². The third-order valence-electron chi connectivity index (χ3n) is 3.55. The van der Waals surface area contributed by atoms with Gasteiger partial charge in [0.25, 0.3) is 0 Å². The van der Waals surface area contributed by atoms with Crippen LogP contribution in [0, 0.1) is 5.82 Å². The summed E-state index contributed by atoms with van der Waals surface area (Å²) in [5.41, 5.74) is 3.18. The monoisotopic (exact) mass is 408 g/mol. The lowest BCUT2D eigenvalue weighted by Gasteiger charge is -2.08. The second kappa shape index (κ2) is 6.49. The van der Waals surface area contributed by atoms with Gasteiger partial charge < -0.3 is 0 Å². The molecule has 0 amide bonds. The highest BCUT2D eigenvalue weighted by Gasteiger charge is 2.13. The van der Waals surface area contributed by atoms with Crippen molar-refractivity contribution >= 4 is 25.8 Å². The molecule has 0 saturated heterocycles. The van der Waals surface area contributed by atoms with Crippen LogP contribution in [0.25, 0.3) is 16.9 Å². The predicted octanol–water partition coefficient (Wildman–Crippen LogP) is 3.98. The first-order valence-corrected chi connectivity index (χ1v) is 10.1. The minimum Gasteiger partial charge on any atom is -0.233 e. The lowest BCUT2D eigenvalue weighted by Crippen LogP contribution is -2.00. The van der Waals surface area contributed by atoms with Crippen LogP contribution in [0.2, 0.25) is 0 Å². The Morgan fingerprint density at radius 2 is 1.71 bits per heavy atom. The molecule has 1 aromatic heterocycles. The fraction of sp³-hybridized carbons (Fsp3) is 0.118. The molecule has 0 unspecified atom stereocenters. The molecule has 0 aliphatic carbocycles. The number of hydrogen-bond acceptors (Lipinski definition) is 3. The zero-order chi connectivity index (χ0) is 17.3. The summed E-state index contributed by atoms with van der Waals surface area (Å²) < 4.78 is 38.1. The standard InChI is InChI=1S/C17H14BrFN2O2S/c1-24(22,23)16-8-2-12(3-9-16)17-10-14(11-18)20-21(17)15-6-4-13(19)5-7-15/h2-10H,11H2,1H3. The van der Waals surface area contributed by atoms with Crippen LogP contribution < -0.4 is 0 Å². The SMILES string of the molecule is CS(=O)(=O)c1ccc(-c2cc(CBr)nn2-c2ccc(F)cc2)cc1. The summed E-state index contributed by atoms with van der Waals surface area (Å²) in [6.45, 7) is 0. The van der Waals surface area contributed by atoms with Gasteiger partial charge in [0.1, 0.15) is 5.82 Å². The van der Waals surface area contributed by atoms with Crippen molar-refractivity contribution in [2.75, 3.05) is 6.26 Å². The molecule has 3 rings (SSSR count). The number of rotatable bonds is 4. The fourth-order valence-electron chi connectivity index (χ4n) is 2.35. The van der Waals surface area contributed by atoms with Crippen molar-refractivity contribution in [2.45, 2.75) is 10.2 Å². The molecule has 0 atom stereocenters. The van der Waals surface area contributed by atoms with E-state index in [0.29, 0.717) is 5.33 Å². The maximum atomic E-state index is 13.2. The summed E-state index contributed by atoms with van der Waals surface area (Å²) >= 11 is 3.38. The van der Waals surface area contributed by atoms with E-state index in [1.54, 1.807) is 41.1 Å². The maximum absolute atomic E-state index is 13.2. The summed E-state index contributed by atoms with van der Waals surface area (Å²) in [5.74, 6) is -0.314. The maximum Gasteiger partial charge on any atom is 0.175 e. The number of benzene rings is 2. The minimum atomic E-state index is -3.24. The topological polar surface area (TPSA) is 52.0 Å². The van der Waals surface area contributed by atoms with Crippen LogP contribution in [0.4, 0.5) is 4.39 Å². The fourth-order valence-corrected chi connectivity index (χ4v) is 3.26. The van der Waals surface area contributed by atoms with Gasteiger partial charge in [0, 0.05) is 17.1 Å². The Bertz CT molecular complexity index is 965. The largest absolute Gasteiger partial charge is 0.233 e. The number of nitrogens with zero attached hydrogens (tertiary/aromatic N) is 2. The molecule has 0 radical (unpaired) electrons. The van der Waals surface area contributed by atoms with E-state index in [1.165, 1.54) is 18.4 Å². The Hall–Kier alpha value is -1.99. The van der Waals surface area contributed by atoms with Crippen molar-refractivity contribution in [3.63, 3.8) is 0 Å². The van der Waals surface area contributed by atoms with E-state index >= 15 is 0 Å². The van der Waals surface area contributed by atoms with Crippen molar-refractivity contribution in [1.82, 2.24) is 9.78 Å². The van der Waals surface area contributed by atoms with E-state index in [-0.39, 0.29) is 10.7 Å². The molecule has 2 aromatic carbocycles. The Kier molecular flexibility index (Phi) is 4.56. The second-order valence-corrected chi connectivity index (χ2v) is 7.92. The van der Waals surface area contributed by atoms with Gasteiger partial charge in [0.15, 0.2) is 9.84 Å². The average Bonchev–Trinajstić information content (AvgIpc) is 2.99. The molecule has 4 nitrogen and oxygen atoms in total. The Morgan fingerprint density at radius 3 is 2.25 bits per heavy atom. The molecule has 3 aromatic rings. The highest BCUT2D eigenvalue weighted by molar-refractivity contribution is 9.08. The first-order valence-electron chi connectivity index (χ1n) is 7.10. The normalized spacial score (nSPS) is 11.6. The van der Waals surface area contributed by atoms with Crippen molar-refractivity contribution in [2.24, 2.45) is 0 Å². The van der Waals surface area contributed by atoms with E-state index in [2.05, 4.69) is 21.0 Å². The molecule has 0 fully saturated rings. The number of alkyl halides is 1. The van der Waals surface area contributed by atoms with Crippen molar-refractivity contribution in [3.8, 4) is 16.9 Å². The molecule has 0 aliphatic heterocycles. The average molecular weight is 409 g/mol. The number of sulfone groups is 1. The Balaban J connectivity index is 2.10. The summed E-state index contributed by atoms with van der Waals surface area (Å²) in [6.07, 6.45) is 1.17. The molecule has 7 heteroatoms. The van der Waals surface area contributed by atoms with Gasteiger partial charge in [0.05, 0.1) is 22.0 Å². The summed E-state index contributed by atoms with van der Waals surface area (Å²) in [4.78, 5) is 0.264. The van der Waals surface area contributed by atoms with Crippen LogP contribution in [-0.2, 0) is 15.2 Å². The quantitative estimate of drug-likeness (QED) is 0.613. The highest BCUT2D eigenvalue weighted by Crippen LogP contribution is 2.26. The third-order valence-corrected chi connectivity index (χ3v) is 5.25. The van der Waals surface area contributed by atoms with Crippen LogP contribution in [0.1, 0.15) is 5.69 Å². The van der Waals surface area contributed by atoms with Crippen LogP contribution >= 0.6 is 15.9 Å². The van der Waals surface area contributed by atoms with Gasteiger partial charge in [-0.3, -0.25) is 0 Å². The lowest BCUT2D eigenvalue weighted by atomic mass is 10.1. The molecule has 124 valence electrons. The minimum absolute atomic E-state index is 0.264. The highest BCUT2D eigenvalue weighted by atomic mass is 79.9. The van der Waals surface area contributed by atoms with E-state index in [1.807, 2.05) is 6.07 Å². The summed E-state index contributed by atoms with van der Waals surface area (Å²) in [6, 6.07) is 14.6. The number of aromatic nitrogens is 2. The van der Waals surface area contributed by atoms with E-state index < -0.39 is 9.84 Å². The number of halogens is 2. The van der Waals surface area contributed by atoms with Crippen LogP contribution in [0.5, 0.6) is 0 Å². The van der Waals surface area contributed by atoms with Gasteiger partial charge in [-0.2, -0.15) is 5.10 Å². The van der Waals surface area contributed by atoms with Gasteiger partial charge in [-0.15, -0.1) is 0 Å². The molecule has 0 N–H and O–H groups in total. The van der Waals surface area contributed by atoms with E-state index in [9.17, 15) is 12.8 Å². The molecule has 1 heterocycles. The Morgan fingerprint density at radius 1 is 1.08 bits per heavy atom. The summed E-state index contributed by atoms with van der Waals surface area (Å²) in [7, 11) is -3.24. The van der Waals surface area contributed by atoms with E-state index in [0.717, 1.165) is 22.6 Å². The van der Waals surface area contributed by atoms with Crippen molar-refractivity contribution in [1.29, 1.82) is 0 Å². The molecular formula is C17H14BrFN2O2S. The van der Waals surface area contributed by atoms with Crippen molar-refractivity contribution in [3.05, 3.63) is 66.1 Å². The number of hydrogen-bond donors (Lipinski definition) is 0. The molecule has 24 heavy (non-hydrogen) atoms. The first kappa shape index (κ1) is 16.9. The smallest absolute Gasteiger partial charge is 0.175 e. The molecule has 0 bridgehead atoms. The zero-order valence-electron chi connectivity index (χ0n) is 12.8. The first-order chi connectivity index (χ1) is 11.4. The van der Waals surface area contributed by atoms with Gasteiger partial charge in [-0.1, -0.05) is 28.1 Å². The molecule has 0 spiro atoms. The molecule has 0 saturated carbocycles. The lowest BCUT2D eigenvalue weighted by molar-refractivity contribution is 0.602. The second-order valence-electron chi connectivity index (χ2n) is 5.34. The van der Waals surface area contributed by atoms with Crippen molar-refractivity contribution < 1.29 is 12.8 Å². The van der Waals surface area contributed by atoms with E-state index in [4.69, 9.17) is 0 Å².